The molecule has 0 bridgehead atoms. The largest absolute Gasteiger partial charge is 0.435 e. The molecule has 1 heterocycles. The number of ether oxygens (including phenoxy) is 1. The molecule has 4 nitrogen and oxygen atoms in total. The summed E-state index contributed by atoms with van der Waals surface area (Å²) in [6.07, 6.45) is 0. The fourth-order valence-corrected chi connectivity index (χ4v) is 2.83. The van der Waals surface area contributed by atoms with E-state index < -0.39 is 18.4 Å². The van der Waals surface area contributed by atoms with Gasteiger partial charge in [-0.1, -0.05) is 11.6 Å². The van der Waals surface area contributed by atoms with Crippen molar-refractivity contribution in [2.24, 2.45) is 10.9 Å². The number of nitrogens with zero attached hydrogens (tertiary/aromatic N) is 3. The minimum absolute atomic E-state index is 0.107. The maximum atomic E-state index is 12.7. The number of benzene rings is 1. The summed E-state index contributed by atoms with van der Waals surface area (Å²) in [6.45, 7) is 0.279. The third kappa shape index (κ3) is 3.33. The van der Waals surface area contributed by atoms with E-state index >= 15 is 0 Å². The monoisotopic (exact) mass is 335 g/mol. The maximum absolute atomic E-state index is 12.7. The molecular formula is C16H12ClF2N3O. The fraction of sp³-hybridized carbons (Fsp3) is 0.312. The third-order valence-electron chi connectivity index (χ3n) is 3.61. The van der Waals surface area contributed by atoms with Crippen LogP contribution in [-0.4, -0.2) is 12.3 Å². The van der Waals surface area contributed by atoms with Gasteiger partial charge in [0, 0.05) is 22.2 Å². The molecule has 2 rings (SSSR count). The lowest BCUT2D eigenvalue weighted by atomic mass is 9.76. The number of hydrogen-bond acceptors (Lipinski definition) is 4. The Labute approximate surface area is 137 Å². The molecule has 1 aromatic carbocycles. The smallest absolute Gasteiger partial charge is 0.387 e. The number of allylic oxidation sites excluding steroid dienone is 2. The molecule has 0 aromatic heterocycles. The van der Waals surface area contributed by atoms with E-state index in [0.29, 0.717) is 16.4 Å². The second kappa shape index (κ2) is 6.76. The maximum Gasteiger partial charge on any atom is 0.387 e. The van der Waals surface area contributed by atoms with E-state index in [2.05, 4.69) is 15.8 Å². The molecule has 1 aliphatic rings. The standard InChI is InChI=1S/C16H12ClF2N3O/c1-8-12(6-20)15(13(7-21)9(2)22-8)11-5-10(17)3-4-14(11)23-16(18)19/h3-5,12,15-16H,1-2H3. The van der Waals surface area contributed by atoms with Crippen molar-refractivity contribution >= 4 is 17.3 Å². The molecule has 0 radical (unpaired) electrons. The highest BCUT2D eigenvalue weighted by atomic mass is 35.5. The number of nitriles is 2. The van der Waals surface area contributed by atoms with Crippen molar-refractivity contribution in [1.82, 2.24) is 0 Å². The molecule has 0 amide bonds. The van der Waals surface area contributed by atoms with Gasteiger partial charge in [0.05, 0.1) is 29.3 Å². The van der Waals surface area contributed by atoms with E-state index in [9.17, 15) is 19.3 Å². The molecule has 2 unspecified atom stereocenters. The molecule has 0 spiro atoms. The fourth-order valence-electron chi connectivity index (χ4n) is 2.65. The molecule has 1 aromatic rings. The number of hydrogen-bond donors (Lipinski definition) is 0. The van der Waals surface area contributed by atoms with Gasteiger partial charge in [-0.25, -0.2) is 0 Å². The summed E-state index contributed by atoms with van der Waals surface area (Å²) in [4.78, 5) is 4.21. The van der Waals surface area contributed by atoms with Gasteiger partial charge in [0.2, 0.25) is 0 Å². The number of alkyl halides is 2. The zero-order valence-corrected chi connectivity index (χ0v) is 13.1. The van der Waals surface area contributed by atoms with E-state index in [4.69, 9.17) is 11.6 Å². The average molecular weight is 336 g/mol. The van der Waals surface area contributed by atoms with Crippen LogP contribution in [0.25, 0.3) is 0 Å². The molecule has 23 heavy (non-hydrogen) atoms. The van der Waals surface area contributed by atoms with Crippen LogP contribution in [0.1, 0.15) is 25.3 Å². The minimum atomic E-state index is -3.02. The lowest BCUT2D eigenvalue weighted by Gasteiger charge is -2.28. The van der Waals surface area contributed by atoms with Crippen LogP contribution in [0.4, 0.5) is 8.78 Å². The Balaban J connectivity index is 2.67. The van der Waals surface area contributed by atoms with Crippen molar-refractivity contribution < 1.29 is 13.5 Å². The number of rotatable bonds is 3. The van der Waals surface area contributed by atoms with Crippen LogP contribution in [0.15, 0.2) is 34.5 Å². The topological polar surface area (TPSA) is 69.2 Å². The quantitative estimate of drug-likeness (QED) is 0.820. The van der Waals surface area contributed by atoms with E-state index in [1.165, 1.54) is 18.2 Å². The van der Waals surface area contributed by atoms with Gasteiger partial charge >= 0.3 is 6.61 Å². The summed E-state index contributed by atoms with van der Waals surface area (Å²) in [5.74, 6) is -1.62. The van der Waals surface area contributed by atoms with E-state index in [1.54, 1.807) is 13.8 Å². The Morgan fingerprint density at radius 2 is 2.00 bits per heavy atom. The predicted molar refractivity (Wildman–Crippen MR) is 81.4 cm³/mol. The lowest BCUT2D eigenvalue weighted by molar-refractivity contribution is -0.0505. The van der Waals surface area contributed by atoms with Gasteiger partial charge in [0.15, 0.2) is 0 Å². The first-order chi connectivity index (χ1) is 10.9. The number of halogens is 3. The van der Waals surface area contributed by atoms with Gasteiger partial charge < -0.3 is 4.74 Å². The molecule has 0 N–H and O–H groups in total. The zero-order chi connectivity index (χ0) is 17.1. The lowest BCUT2D eigenvalue weighted by Crippen LogP contribution is -2.25. The molecular weight excluding hydrogens is 324 g/mol. The second-order valence-electron chi connectivity index (χ2n) is 5.01. The first-order valence-corrected chi connectivity index (χ1v) is 7.06. The highest BCUT2D eigenvalue weighted by molar-refractivity contribution is 6.30. The van der Waals surface area contributed by atoms with Crippen LogP contribution in [-0.2, 0) is 0 Å². The molecule has 7 heteroatoms. The van der Waals surface area contributed by atoms with Gasteiger partial charge in [-0.3, -0.25) is 4.99 Å². The van der Waals surface area contributed by atoms with Gasteiger partial charge in [-0.15, -0.1) is 0 Å². The van der Waals surface area contributed by atoms with Gasteiger partial charge in [0.25, 0.3) is 0 Å². The van der Waals surface area contributed by atoms with Gasteiger partial charge in [-0.05, 0) is 32.0 Å². The molecule has 0 aliphatic carbocycles. The average Bonchev–Trinajstić information content (AvgIpc) is 2.48. The Morgan fingerprint density at radius 3 is 2.57 bits per heavy atom. The SMILES string of the molecule is CC1=NC(C)=C(C#N)C(c2cc(Cl)ccc2OC(F)F)C1C#N. The molecule has 0 fully saturated rings. The van der Waals surface area contributed by atoms with Crippen LogP contribution in [0.5, 0.6) is 5.75 Å². The van der Waals surface area contributed by atoms with E-state index in [0.717, 1.165) is 0 Å². The summed E-state index contributed by atoms with van der Waals surface area (Å²) in [5, 5.41) is 19.2. The Kier molecular flexibility index (Phi) is 4.98. The second-order valence-corrected chi connectivity index (χ2v) is 5.45. The van der Waals surface area contributed by atoms with Crippen molar-refractivity contribution in [2.45, 2.75) is 26.4 Å². The summed E-state index contributed by atoms with van der Waals surface area (Å²) >= 11 is 5.97. The summed E-state index contributed by atoms with van der Waals surface area (Å²) in [6, 6.07) is 8.27. The van der Waals surface area contributed by atoms with Crippen molar-refractivity contribution in [3.8, 4) is 17.9 Å². The van der Waals surface area contributed by atoms with Crippen LogP contribution in [0.2, 0.25) is 5.02 Å². The van der Waals surface area contributed by atoms with Crippen LogP contribution < -0.4 is 4.74 Å². The van der Waals surface area contributed by atoms with Crippen molar-refractivity contribution in [1.29, 1.82) is 10.5 Å². The van der Waals surface area contributed by atoms with E-state index in [-0.39, 0.29) is 16.9 Å². The van der Waals surface area contributed by atoms with Crippen molar-refractivity contribution in [2.75, 3.05) is 0 Å². The van der Waals surface area contributed by atoms with Crippen LogP contribution in [0.3, 0.4) is 0 Å². The van der Waals surface area contributed by atoms with Crippen LogP contribution in [0, 0.1) is 28.6 Å². The Bertz CT molecular complexity index is 775. The summed E-state index contributed by atoms with van der Waals surface area (Å²) < 4.78 is 29.9. The first-order valence-electron chi connectivity index (χ1n) is 6.69. The minimum Gasteiger partial charge on any atom is -0.435 e. The molecule has 118 valence electrons. The molecule has 0 saturated carbocycles. The van der Waals surface area contributed by atoms with E-state index in [1.807, 2.05) is 6.07 Å². The highest BCUT2D eigenvalue weighted by Crippen LogP contribution is 2.43. The summed E-state index contributed by atoms with van der Waals surface area (Å²) in [5.41, 5.74) is 1.47. The summed E-state index contributed by atoms with van der Waals surface area (Å²) in [7, 11) is 0. The third-order valence-corrected chi connectivity index (χ3v) is 3.85. The molecule has 1 aliphatic heterocycles. The van der Waals surface area contributed by atoms with Gasteiger partial charge in [0.1, 0.15) is 5.75 Å². The van der Waals surface area contributed by atoms with Crippen molar-refractivity contribution in [3.05, 3.63) is 40.1 Å². The van der Waals surface area contributed by atoms with Crippen LogP contribution >= 0.6 is 11.6 Å². The molecule has 0 saturated heterocycles. The Hall–Kier alpha value is -2.44. The van der Waals surface area contributed by atoms with Gasteiger partial charge in [-0.2, -0.15) is 19.3 Å². The highest BCUT2D eigenvalue weighted by Gasteiger charge is 2.36. The zero-order valence-electron chi connectivity index (χ0n) is 12.3. The predicted octanol–water partition coefficient (Wildman–Crippen LogP) is 4.44. The molecule has 2 atom stereocenters. The normalized spacial score (nSPS) is 20.8. The Morgan fingerprint density at radius 1 is 1.30 bits per heavy atom. The first kappa shape index (κ1) is 16.9. The van der Waals surface area contributed by atoms with Crippen molar-refractivity contribution in [3.63, 3.8) is 0 Å². The number of aliphatic imine (C=N–C) groups is 1.